The van der Waals surface area contributed by atoms with Crippen molar-refractivity contribution in [2.24, 2.45) is 0 Å². The van der Waals surface area contributed by atoms with Gasteiger partial charge in [0.25, 0.3) is 0 Å². The van der Waals surface area contributed by atoms with E-state index in [2.05, 4.69) is 4.74 Å². The van der Waals surface area contributed by atoms with Crippen LogP contribution in [-0.4, -0.2) is 71.5 Å². The van der Waals surface area contributed by atoms with Gasteiger partial charge in [-0.05, 0) is 6.92 Å². The molecule has 0 amide bonds. The van der Waals surface area contributed by atoms with Crippen LogP contribution in [0.2, 0.25) is 0 Å². The molecule has 0 atom stereocenters. The van der Waals surface area contributed by atoms with Crippen LogP contribution in [0.15, 0.2) is 0 Å². The Morgan fingerprint density at radius 1 is 1.33 bits per heavy atom. The molecule has 0 saturated heterocycles. The fraction of sp³-hybridized carbons (Fsp3) is 1.00. The molecule has 1 nitrogen and oxygen atoms in total. The van der Waals surface area contributed by atoms with Gasteiger partial charge in [0.05, 0.1) is 0 Å². The van der Waals surface area contributed by atoms with Crippen molar-refractivity contribution in [3.63, 3.8) is 0 Å². The zero-order chi connectivity index (χ0) is 6.62. The predicted molar refractivity (Wildman–Crippen MR) is 31.3 cm³/mol. The van der Waals surface area contributed by atoms with Gasteiger partial charge in [-0.3, -0.25) is 0 Å². The molecular formula is C3H7BF3KO-. The Hall–Kier alpha value is 1.45. The minimum Gasteiger partial charge on any atom is -0.447 e. The monoisotopic (exact) mass is 166 g/mol. The van der Waals surface area contributed by atoms with Gasteiger partial charge in [-0.25, -0.2) is 0 Å². The Bertz CT molecular complexity index is 66.6. The quantitative estimate of drug-likeness (QED) is 0.569. The van der Waals surface area contributed by atoms with Crippen LogP contribution in [0.1, 0.15) is 6.92 Å². The summed E-state index contributed by atoms with van der Waals surface area (Å²) in [5, 5.41) is 0. The summed E-state index contributed by atoms with van der Waals surface area (Å²) in [4.78, 5) is 0. The van der Waals surface area contributed by atoms with Crippen molar-refractivity contribution in [3.05, 3.63) is 0 Å². The zero-order valence-corrected chi connectivity index (χ0v) is 8.66. The summed E-state index contributed by atoms with van der Waals surface area (Å²) in [6.07, 6.45) is 0. The van der Waals surface area contributed by atoms with Crippen molar-refractivity contribution in [2.45, 2.75) is 6.92 Å². The molecule has 0 rings (SSSR count). The van der Waals surface area contributed by atoms with E-state index in [1.807, 2.05) is 0 Å². The molecule has 0 aromatic heterocycles. The van der Waals surface area contributed by atoms with Gasteiger partial charge in [-0.15, -0.1) is 0 Å². The number of rotatable bonds is 3. The van der Waals surface area contributed by atoms with E-state index in [9.17, 15) is 12.9 Å². The number of ether oxygens (including phenoxy) is 1. The zero-order valence-electron chi connectivity index (χ0n) is 5.53. The molecular weight excluding hydrogens is 159 g/mol. The first-order chi connectivity index (χ1) is 3.56. The summed E-state index contributed by atoms with van der Waals surface area (Å²) < 4.78 is 37.6. The number of halogens is 3. The van der Waals surface area contributed by atoms with Gasteiger partial charge >= 0.3 is 6.98 Å². The number of hydrogen-bond donors (Lipinski definition) is 0. The van der Waals surface area contributed by atoms with Crippen molar-refractivity contribution in [1.29, 1.82) is 0 Å². The van der Waals surface area contributed by atoms with Gasteiger partial charge in [0, 0.05) is 64.5 Å². The molecule has 0 aromatic carbocycles. The Morgan fingerprint density at radius 2 is 1.78 bits per heavy atom. The van der Waals surface area contributed by atoms with E-state index in [1.165, 1.54) is 6.92 Å². The fourth-order valence-corrected chi connectivity index (χ4v) is 0.251. The molecule has 51 valence electrons. The molecule has 0 heterocycles. The molecule has 9 heavy (non-hydrogen) atoms. The maximum atomic E-state index is 11.2. The third-order valence-electron chi connectivity index (χ3n) is 0.511. The third-order valence-corrected chi connectivity index (χ3v) is 0.511. The Morgan fingerprint density at radius 3 is 1.89 bits per heavy atom. The maximum Gasteiger partial charge on any atom is 0.503 e. The van der Waals surface area contributed by atoms with Crippen LogP contribution >= 0.6 is 0 Å². The largest absolute Gasteiger partial charge is 0.503 e. The van der Waals surface area contributed by atoms with Gasteiger partial charge in [0.15, 0.2) is 0 Å². The van der Waals surface area contributed by atoms with Crippen molar-refractivity contribution >= 4 is 58.4 Å². The molecule has 0 bridgehead atoms. The van der Waals surface area contributed by atoms with Crippen molar-refractivity contribution in [1.82, 2.24) is 0 Å². The van der Waals surface area contributed by atoms with Gasteiger partial charge in [0.1, 0.15) is 0 Å². The van der Waals surface area contributed by atoms with Gasteiger partial charge in [-0.2, -0.15) is 0 Å². The van der Waals surface area contributed by atoms with E-state index in [0.29, 0.717) is 0 Å². The predicted octanol–water partition coefficient (Wildman–Crippen LogP) is 1.03. The molecule has 0 aliphatic carbocycles. The molecule has 0 unspecified atom stereocenters. The first-order valence-electron chi connectivity index (χ1n) is 2.35. The summed E-state index contributed by atoms with van der Waals surface area (Å²) >= 11 is 0. The Balaban J connectivity index is 0. The Kier molecular flexibility index (Phi) is 8.98. The molecule has 0 saturated carbocycles. The van der Waals surface area contributed by atoms with Crippen LogP contribution in [0.3, 0.4) is 0 Å². The van der Waals surface area contributed by atoms with Crippen molar-refractivity contribution in [2.75, 3.05) is 13.1 Å². The maximum absolute atomic E-state index is 11.2. The van der Waals surface area contributed by atoms with Gasteiger partial charge in [0.2, 0.25) is 0 Å². The van der Waals surface area contributed by atoms with E-state index in [4.69, 9.17) is 0 Å². The molecule has 0 aliphatic heterocycles. The summed E-state index contributed by atoms with van der Waals surface area (Å²) in [5.74, 6) is 0. The minimum atomic E-state index is -4.72. The molecule has 0 aromatic rings. The summed E-state index contributed by atoms with van der Waals surface area (Å²) in [6, 6.07) is 0. The number of hydrogen-bond acceptors (Lipinski definition) is 1. The molecule has 1 radical (unpaired) electrons. The summed E-state index contributed by atoms with van der Waals surface area (Å²) in [6.45, 7) is -4.14. The first-order valence-corrected chi connectivity index (χ1v) is 2.35. The molecule has 6 heteroatoms. The molecule has 0 fully saturated rings. The SMILES string of the molecule is CCOC[B-](F)(F)F.[K]. The normalized spacial score (nSPS) is 10.7. The van der Waals surface area contributed by atoms with E-state index < -0.39 is 13.5 Å². The standard InChI is InChI=1S/C3H7BF3O.K/c1-2-8-3-4(5,6)7;/h2-3H2,1H3;/q-1;. The molecule has 0 spiro atoms. The second kappa shape index (κ2) is 6.18. The van der Waals surface area contributed by atoms with E-state index >= 15 is 0 Å². The topological polar surface area (TPSA) is 9.23 Å². The average molecular weight is 166 g/mol. The second-order valence-corrected chi connectivity index (χ2v) is 1.37. The van der Waals surface area contributed by atoms with Gasteiger partial charge in [-0.1, -0.05) is 0 Å². The van der Waals surface area contributed by atoms with E-state index in [0.717, 1.165) is 0 Å². The van der Waals surface area contributed by atoms with Crippen LogP contribution < -0.4 is 0 Å². The average Bonchev–Trinajstić information content (AvgIpc) is 1.59. The van der Waals surface area contributed by atoms with Crippen LogP contribution in [0.4, 0.5) is 12.9 Å². The van der Waals surface area contributed by atoms with E-state index in [1.54, 1.807) is 0 Å². The van der Waals surface area contributed by atoms with Crippen LogP contribution in [0, 0.1) is 0 Å². The summed E-state index contributed by atoms with van der Waals surface area (Å²) in [5.41, 5.74) is 0. The second-order valence-electron chi connectivity index (χ2n) is 1.37. The fourth-order valence-electron chi connectivity index (χ4n) is 0.251. The minimum absolute atomic E-state index is 0. The molecule has 0 aliphatic rings. The van der Waals surface area contributed by atoms with Crippen LogP contribution in [0.25, 0.3) is 0 Å². The smallest absolute Gasteiger partial charge is 0.447 e. The Labute approximate surface area is 94.8 Å². The first kappa shape index (κ1) is 13.1. The molecule has 0 N–H and O–H groups in total. The summed E-state index contributed by atoms with van der Waals surface area (Å²) in [7, 11) is 0. The van der Waals surface area contributed by atoms with Crippen molar-refractivity contribution < 1.29 is 17.7 Å². The van der Waals surface area contributed by atoms with Crippen molar-refractivity contribution in [3.8, 4) is 0 Å². The van der Waals surface area contributed by atoms with Crippen LogP contribution in [0.5, 0.6) is 0 Å². The third kappa shape index (κ3) is 12.6. The van der Waals surface area contributed by atoms with E-state index in [-0.39, 0.29) is 58.0 Å². The van der Waals surface area contributed by atoms with Crippen LogP contribution in [-0.2, 0) is 4.74 Å². The van der Waals surface area contributed by atoms with Gasteiger partial charge < -0.3 is 17.7 Å².